The summed E-state index contributed by atoms with van der Waals surface area (Å²) in [5, 5.41) is 3.47. The van der Waals surface area contributed by atoms with Crippen molar-refractivity contribution in [2.75, 3.05) is 13.2 Å². The first-order valence-electron chi connectivity index (χ1n) is 9.88. The van der Waals surface area contributed by atoms with Crippen LogP contribution in [0.15, 0.2) is 46.9 Å². The molecule has 0 saturated carbocycles. The highest BCUT2D eigenvalue weighted by molar-refractivity contribution is 9.10. The van der Waals surface area contributed by atoms with Crippen molar-refractivity contribution in [3.05, 3.63) is 63.1 Å². The van der Waals surface area contributed by atoms with Crippen LogP contribution in [0.5, 0.6) is 5.75 Å². The highest BCUT2D eigenvalue weighted by atomic mass is 79.9. The number of ether oxygens (including phenoxy) is 1. The van der Waals surface area contributed by atoms with Gasteiger partial charge in [0.25, 0.3) is 5.91 Å². The van der Waals surface area contributed by atoms with Gasteiger partial charge in [-0.3, -0.25) is 9.59 Å². The van der Waals surface area contributed by atoms with Crippen LogP contribution in [-0.4, -0.2) is 35.9 Å². The second-order valence-corrected chi connectivity index (χ2v) is 8.98. The van der Waals surface area contributed by atoms with Gasteiger partial charge >= 0.3 is 0 Å². The average molecular weight is 496 g/mol. The third kappa shape index (κ3) is 7.33. The molecule has 162 valence electrons. The number of nitrogens with one attached hydrogen (secondary N) is 1. The van der Waals surface area contributed by atoms with Crippen molar-refractivity contribution in [2.24, 2.45) is 5.92 Å². The molecule has 1 atom stereocenters. The van der Waals surface area contributed by atoms with Crippen molar-refractivity contribution < 1.29 is 14.3 Å². The van der Waals surface area contributed by atoms with E-state index >= 15 is 0 Å². The first kappa shape index (κ1) is 24.2. The fourth-order valence-electron chi connectivity index (χ4n) is 2.74. The van der Waals surface area contributed by atoms with Crippen LogP contribution >= 0.6 is 27.5 Å². The molecule has 5 nitrogen and oxygen atoms in total. The Morgan fingerprint density at radius 3 is 2.40 bits per heavy atom. The Kier molecular flexibility index (Phi) is 9.18. The van der Waals surface area contributed by atoms with Gasteiger partial charge in [-0.25, -0.2) is 0 Å². The molecule has 2 amide bonds. The van der Waals surface area contributed by atoms with Crippen LogP contribution in [0.3, 0.4) is 0 Å². The van der Waals surface area contributed by atoms with Gasteiger partial charge in [0.1, 0.15) is 11.8 Å². The van der Waals surface area contributed by atoms with Crippen LogP contribution in [0.25, 0.3) is 0 Å². The van der Waals surface area contributed by atoms with Gasteiger partial charge in [-0.2, -0.15) is 0 Å². The molecule has 0 heterocycles. The maximum Gasteiger partial charge on any atom is 0.261 e. The van der Waals surface area contributed by atoms with E-state index in [0.717, 1.165) is 11.1 Å². The second kappa shape index (κ2) is 11.4. The quantitative estimate of drug-likeness (QED) is 0.534. The van der Waals surface area contributed by atoms with Crippen molar-refractivity contribution in [2.45, 2.75) is 40.3 Å². The van der Waals surface area contributed by atoms with Crippen molar-refractivity contribution in [1.82, 2.24) is 10.2 Å². The van der Waals surface area contributed by atoms with Gasteiger partial charge in [0.15, 0.2) is 6.61 Å². The van der Waals surface area contributed by atoms with Gasteiger partial charge in [0.05, 0.1) is 4.47 Å². The lowest BCUT2D eigenvalue weighted by Gasteiger charge is -2.29. The average Bonchev–Trinajstić information content (AvgIpc) is 2.70. The van der Waals surface area contributed by atoms with Gasteiger partial charge in [-0.1, -0.05) is 55.3 Å². The summed E-state index contributed by atoms with van der Waals surface area (Å²) in [6.07, 6.45) is 0. The minimum atomic E-state index is -0.630. The summed E-state index contributed by atoms with van der Waals surface area (Å²) in [7, 11) is 0. The van der Waals surface area contributed by atoms with Gasteiger partial charge in [-0.15, -0.1) is 0 Å². The van der Waals surface area contributed by atoms with Crippen LogP contribution in [0.1, 0.15) is 31.9 Å². The summed E-state index contributed by atoms with van der Waals surface area (Å²) in [5.41, 5.74) is 2.08. The maximum absolute atomic E-state index is 13.0. The molecule has 1 N–H and O–H groups in total. The Balaban J connectivity index is 2.14. The number of amides is 2. The molecule has 0 aromatic heterocycles. The molecule has 0 aliphatic carbocycles. The monoisotopic (exact) mass is 494 g/mol. The Bertz CT molecular complexity index is 871. The molecule has 2 aromatic carbocycles. The van der Waals surface area contributed by atoms with Crippen molar-refractivity contribution in [1.29, 1.82) is 0 Å². The van der Waals surface area contributed by atoms with Crippen molar-refractivity contribution in [3.63, 3.8) is 0 Å². The molecular weight excluding hydrogens is 468 g/mol. The molecule has 0 radical (unpaired) electrons. The number of carbonyl (C=O) groups is 2. The zero-order chi connectivity index (χ0) is 22.3. The van der Waals surface area contributed by atoms with Gasteiger partial charge in [0, 0.05) is 18.1 Å². The number of hydrogen-bond acceptors (Lipinski definition) is 3. The summed E-state index contributed by atoms with van der Waals surface area (Å²) >= 11 is 9.34. The SMILES string of the molecule is Cc1ccc(CN(C(=O)COc2ccc(Cl)cc2Br)C(C)C(=O)NCC(C)C)cc1. The smallest absolute Gasteiger partial charge is 0.261 e. The van der Waals surface area contributed by atoms with E-state index in [2.05, 4.69) is 21.2 Å². The topological polar surface area (TPSA) is 58.6 Å². The summed E-state index contributed by atoms with van der Waals surface area (Å²) in [6.45, 7) is 8.49. The normalized spacial score (nSPS) is 11.8. The lowest BCUT2D eigenvalue weighted by molar-refractivity contribution is -0.142. The van der Waals surface area contributed by atoms with E-state index in [0.29, 0.717) is 34.3 Å². The Labute approximate surface area is 191 Å². The van der Waals surface area contributed by atoms with Gasteiger partial charge in [0.2, 0.25) is 5.91 Å². The lowest BCUT2D eigenvalue weighted by Crippen LogP contribution is -2.49. The molecule has 2 aromatic rings. The molecule has 0 aliphatic heterocycles. The highest BCUT2D eigenvalue weighted by Gasteiger charge is 2.26. The Hall–Kier alpha value is -2.05. The number of aryl methyl sites for hydroxylation is 1. The van der Waals surface area contributed by atoms with E-state index < -0.39 is 6.04 Å². The van der Waals surface area contributed by atoms with Crippen LogP contribution < -0.4 is 10.1 Å². The summed E-state index contributed by atoms with van der Waals surface area (Å²) < 4.78 is 6.35. The highest BCUT2D eigenvalue weighted by Crippen LogP contribution is 2.28. The van der Waals surface area contributed by atoms with Crippen LogP contribution in [0.2, 0.25) is 5.02 Å². The number of nitrogens with zero attached hydrogens (tertiary/aromatic N) is 1. The van der Waals surface area contributed by atoms with Crippen LogP contribution in [-0.2, 0) is 16.1 Å². The van der Waals surface area contributed by atoms with Crippen LogP contribution in [0, 0.1) is 12.8 Å². The molecule has 0 aliphatic rings. The molecule has 0 bridgehead atoms. The zero-order valence-corrected chi connectivity index (χ0v) is 20.1. The largest absolute Gasteiger partial charge is 0.483 e. The molecule has 2 rings (SSSR count). The molecule has 7 heteroatoms. The van der Waals surface area contributed by atoms with E-state index in [4.69, 9.17) is 16.3 Å². The second-order valence-electron chi connectivity index (χ2n) is 7.69. The van der Waals surface area contributed by atoms with Gasteiger partial charge in [-0.05, 0) is 59.5 Å². The molecule has 1 unspecified atom stereocenters. The molecule has 30 heavy (non-hydrogen) atoms. The number of benzene rings is 2. The predicted octanol–water partition coefficient (Wildman–Crippen LogP) is 4.98. The number of rotatable bonds is 9. The third-order valence-electron chi connectivity index (χ3n) is 4.57. The molecular formula is C23H28BrClN2O3. The zero-order valence-electron chi connectivity index (χ0n) is 17.7. The van der Waals surface area contributed by atoms with E-state index in [1.165, 1.54) is 0 Å². The van der Waals surface area contributed by atoms with E-state index in [-0.39, 0.29) is 18.4 Å². The van der Waals surface area contributed by atoms with Crippen molar-refractivity contribution in [3.8, 4) is 5.75 Å². The standard InChI is InChI=1S/C23H28BrClN2O3/c1-15(2)12-26-23(29)17(4)27(13-18-7-5-16(3)6-8-18)22(28)14-30-21-10-9-19(25)11-20(21)24/h5-11,15,17H,12-14H2,1-4H3,(H,26,29). The number of hydrogen-bond donors (Lipinski definition) is 1. The summed E-state index contributed by atoms with van der Waals surface area (Å²) in [6, 6.07) is 12.4. The third-order valence-corrected chi connectivity index (χ3v) is 5.43. The Morgan fingerprint density at radius 2 is 1.80 bits per heavy atom. The van der Waals surface area contributed by atoms with Crippen molar-refractivity contribution >= 4 is 39.3 Å². The molecule has 0 fully saturated rings. The fourth-order valence-corrected chi connectivity index (χ4v) is 3.54. The minimum absolute atomic E-state index is 0.183. The number of halogens is 2. The summed E-state index contributed by atoms with van der Waals surface area (Å²) in [5.74, 6) is 0.384. The van der Waals surface area contributed by atoms with Gasteiger partial charge < -0.3 is 15.0 Å². The maximum atomic E-state index is 13.0. The first-order chi connectivity index (χ1) is 14.2. The van der Waals surface area contributed by atoms with E-state index in [1.807, 2.05) is 45.0 Å². The molecule has 0 saturated heterocycles. The minimum Gasteiger partial charge on any atom is -0.483 e. The molecule has 0 spiro atoms. The number of carbonyl (C=O) groups excluding carboxylic acids is 2. The lowest BCUT2D eigenvalue weighted by atomic mass is 10.1. The van der Waals surface area contributed by atoms with Crippen LogP contribution in [0.4, 0.5) is 0 Å². The predicted molar refractivity (Wildman–Crippen MR) is 124 cm³/mol. The first-order valence-corrected chi connectivity index (χ1v) is 11.0. The van der Waals surface area contributed by atoms with E-state index in [1.54, 1.807) is 30.0 Å². The Morgan fingerprint density at radius 1 is 1.13 bits per heavy atom. The van der Waals surface area contributed by atoms with E-state index in [9.17, 15) is 9.59 Å². The fraction of sp³-hybridized carbons (Fsp3) is 0.391. The summed E-state index contributed by atoms with van der Waals surface area (Å²) in [4.78, 5) is 27.2.